The largest absolute Gasteiger partial charge is 0.467 e. The molecule has 1 aromatic heterocycles. The summed E-state index contributed by atoms with van der Waals surface area (Å²) >= 11 is 0. The summed E-state index contributed by atoms with van der Waals surface area (Å²) in [6.45, 7) is 6.06. The zero-order valence-electron chi connectivity index (χ0n) is 11.3. The van der Waals surface area contributed by atoms with E-state index in [1.165, 1.54) is 0 Å². The van der Waals surface area contributed by atoms with Crippen molar-refractivity contribution in [2.75, 3.05) is 0 Å². The number of likely N-dealkylation sites (tertiary alicyclic amines) is 1. The molecule has 1 aliphatic heterocycles. The van der Waals surface area contributed by atoms with E-state index in [4.69, 9.17) is 10.2 Å². The van der Waals surface area contributed by atoms with Crippen LogP contribution in [0.4, 0.5) is 0 Å². The predicted molar refractivity (Wildman–Crippen MR) is 70.0 cm³/mol. The third-order valence-electron chi connectivity index (χ3n) is 3.65. The minimum atomic E-state index is -0.130. The second kappa shape index (κ2) is 5.14. The summed E-state index contributed by atoms with van der Waals surface area (Å²) in [4.78, 5) is 14.1. The highest BCUT2D eigenvalue weighted by Gasteiger charge is 2.36. The van der Waals surface area contributed by atoms with Gasteiger partial charge in [0.25, 0.3) is 0 Å². The van der Waals surface area contributed by atoms with Crippen LogP contribution in [0.1, 0.15) is 50.5 Å². The van der Waals surface area contributed by atoms with Gasteiger partial charge in [-0.15, -0.1) is 0 Å². The summed E-state index contributed by atoms with van der Waals surface area (Å²) in [5, 5.41) is 0. The van der Waals surface area contributed by atoms with E-state index in [1.807, 2.05) is 31.7 Å². The SMILES string of the molecule is Cc1ccoc1C1C(N)CCCC(=O)N1C(C)C. The average molecular weight is 250 g/mol. The van der Waals surface area contributed by atoms with Gasteiger partial charge in [0.15, 0.2) is 0 Å². The lowest BCUT2D eigenvalue weighted by molar-refractivity contribution is -0.135. The maximum Gasteiger partial charge on any atom is 0.223 e. The number of rotatable bonds is 2. The van der Waals surface area contributed by atoms with Crippen LogP contribution in [0.5, 0.6) is 0 Å². The molecule has 0 bridgehead atoms. The van der Waals surface area contributed by atoms with Crippen molar-refractivity contribution in [2.24, 2.45) is 5.73 Å². The smallest absolute Gasteiger partial charge is 0.223 e. The molecule has 0 spiro atoms. The van der Waals surface area contributed by atoms with Gasteiger partial charge in [-0.2, -0.15) is 0 Å². The van der Waals surface area contributed by atoms with Gasteiger partial charge < -0.3 is 15.1 Å². The summed E-state index contributed by atoms with van der Waals surface area (Å²) in [7, 11) is 0. The number of carbonyl (C=O) groups is 1. The molecule has 1 fully saturated rings. The van der Waals surface area contributed by atoms with Crippen LogP contribution in [0.3, 0.4) is 0 Å². The van der Waals surface area contributed by atoms with E-state index < -0.39 is 0 Å². The molecule has 1 aromatic rings. The van der Waals surface area contributed by atoms with Crippen molar-refractivity contribution >= 4 is 5.91 Å². The van der Waals surface area contributed by atoms with Gasteiger partial charge in [0.1, 0.15) is 11.8 Å². The van der Waals surface area contributed by atoms with Crippen LogP contribution < -0.4 is 5.73 Å². The molecule has 2 atom stereocenters. The number of amides is 1. The first-order chi connectivity index (χ1) is 8.52. The van der Waals surface area contributed by atoms with Gasteiger partial charge in [-0.25, -0.2) is 0 Å². The normalized spacial score (nSPS) is 25.6. The Balaban J connectivity index is 2.42. The molecule has 0 radical (unpaired) electrons. The highest BCUT2D eigenvalue weighted by Crippen LogP contribution is 2.33. The lowest BCUT2D eigenvalue weighted by Gasteiger charge is -2.35. The Morgan fingerprint density at radius 2 is 2.22 bits per heavy atom. The molecule has 2 unspecified atom stereocenters. The van der Waals surface area contributed by atoms with Crippen LogP contribution in [0.25, 0.3) is 0 Å². The first-order valence-corrected chi connectivity index (χ1v) is 6.63. The van der Waals surface area contributed by atoms with Crippen LogP contribution in [0.2, 0.25) is 0 Å². The van der Waals surface area contributed by atoms with Crippen LogP contribution in [0, 0.1) is 6.92 Å². The van der Waals surface area contributed by atoms with Gasteiger partial charge >= 0.3 is 0 Å². The lowest BCUT2D eigenvalue weighted by Crippen LogP contribution is -2.45. The van der Waals surface area contributed by atoms with Crippen molar-refractivity contribution in [1.82, 2.24) is 4.90 Å². The van der Waals surface area contributed by atoms with Crippen LogP contribution in [-0.4, -0.2) is 22.9 Å². The van der Waals surface area contributed by atoms with Gasteiger partial charge in [-0.05, 0) is 45.2 Å². The molecular weight excluding hydrogens is 228 g/mol. The zero-order chi connectivity index (χ0) is 13.3. The van der Waals surface area contributed by atoms with E-state index in [-0.39, 0.29) is 24.0 Å². The Bertz CT molecular complexity index is 425. The summed E-state index contributed by atoms with van der Waals surface area (Å²) in [6, 6.07) is 1.88. The molecule has 1 amide bonds. The van der Waals surface area contributed by atoms with E-state index in [0.29, 0.717) is 6.42 Å². The molecule has 4 heteroatoms. The molecule has 0 saturated carbocycles. The van der Waals surface area contributed by atoms with Gasteiger partial charge in [-0.3, -0.25) is 4.79 Å². The zero-order valence-corrected chi connectivity index (χ0v) is 11.3. The number of nitrogens with two attached hydrogens (primary N) is 1. The number of aryl methyl sites for hydroxylation is 1. The second-order valence-corrected chi connectivity index (χ2v) is 5.36. The number of carbonyl (C=O) groups excluding carboxylic acids is 1. The molecule has 2 N–H and O–H groups in total. The van der Waals surface area contributed by atoms with Gasteiger partial charge in [-0.1, -0.05) is 0 Å². The quantitative estimate of drug-likeness (QED) is 0.876. The Morgan fingerprint density at radius 1 is 1.50 bits per heavy atom. The third-order valence-corrected chi connectivity index (χ3v) is 3.65. The Morgan fingerprint density at radius 3 is 2.78 bits per heavy atom. The highest BCUT2D eigenvalue weighted by atomic mass is 16.3. The fourth-order valence-electron chi connectivity index (χ4n) is 2.75. The molecule has 1 aliphatic rings. The molecule has 18 heavy (non-hydrogen) atoms. The molecule has 2 rings (SSSR count). The Kier molecular flexibility index (Phi) is 3.76. The number of nitrogens with zero attached hydrogens (tertiary/aromatic N) is 1. The fraction of sp³-hybridized carbons (Fsp3) is 0.643. The van der Waals surface area contributed by atoms with Crippen molar-refractivity contribution in [3.8, 4) is 0 Å². The van der Waals surface area contributed by atoms with Crippen molar-refractivity contribution < 1.29 is 9.21 Å². The number of hydrogen-bond donors (Lipinski definition) is 1. The topological polar surface area (TPSA) is 59.5 Å². The summed E-state index contributed by atoms with van der Waals surface area (Å²) in [5.74, 6) is 1.02. The molecule has 2 heterocycles. The fourth-order valence-corrected chi connectivity index (χ4v) is 2.75. The second-order valence-electron chi connectivity index (χ2n) is 5.36. The van der Waals surface area contributed by atoms with E-state index in [1.54, 1.807) is 6.26 Å². The van der Waals surface area contributed by atoms with Crippen molar-refractivity contribution in [3.63, 3.8) is 0 Å². The van der Waals surface area contributed by atoms with E-state index in [2.05, 4.69) is 0 Å². The van der Waals surface area contributed by atoms with E-state index in [0.717, 1.165) is 24.2 Å². The first kappa shape index (κ1) is 13.1. The van der Waals surface area contributed by atoms with Crippen molar-refractivity contribution in [3.05, 3.63) is 23.7 Å². The third kappa shape index (κ3) is 2.29. The number of hydrogen-bond acceptors (Lipinski definition) is 3. The minimum Gasteiger partial charge on any atom is -0.467 e. The molecule has 100 valence electrons. The molecule has 0 aromatic carbocycles. The van der Waals surface area contributed by atoms with Crippen LogP contribution in [-0.2, 0) is 4.79 Å². The summed E-state index contributed by atoms with van der Waals surface area (Å²) in [5.41, 5.74) is 7.34. The van der Waals surface area contributed by atoms with Gasteiger partial charge in [0, 0.05) is 18.5 Å². The number of furan rings is 1. The first-order valence-electron chi connectivity index (χ1n) is 6.63. The maximum atomic E-state index is 12.2. The molecule has 1 saturated heterocycles. The van der Waals surface area contributed by atoms with Crippen LogP contribution >= 0.6 is 0 Å². The molecule has 4 nitrogen and oxygen atoms in total. The Labute approximate surface area is 108 Å². The molecule has 0 aliphatic carbocycles. The summed E-state index contributed by atoms with van der Waals surface area (Å²) in [6.07, 6.45) is 3.98. The average Bonchev–Trinajstić information content (AvgIpc) is 2.64. The Hall–Kier alpha value is -1.29. The summed E-state index contributed by atoms with van der Waals surface area (Å²) < 4.78 is 5.58. The lowest BCUT2D eigenvalue weighted by atomic mass is 9.98. The monoisotopic (exact) mass is 250 g/mol. The van der Waals surface area contributed by atoms with Crippen molar-refractivity contribution in [1.29, 1.82) is 0 Å². The minimum absolute atomic E-state index is 0.0521. The van der Waals surface area contributed by atoms with E-state index in [9.17, 15) is 4.79 Å². The van der Waals surface area contributed by atoms with Crippen LogP contribution in [0.15, 0.2) is 16.7 Å². The predicted octanol–water partition coefficient (Wildman–Crippen LogP) is 2.38. The standard InChI is InChI=1S/C14H22N2O2/c1-9(2)16-12(17)6-4-5-11(15)13(16)14-10(3)7-8-18-14/h7-9,11,13H,4-6,15H2,1-3H3. The van der Waals surface area contributed by atoms with Gasteiger partial charge in [0.2, 0.25) is 5.91 Å². The highest BCUT2D eigenvalue weighted by molar-refractivity contribution is 5.77. The van der Waals surface area contributed by atoms with E-state index >= 15 is 0 Å². The maximum absolute atomic E-state index is 12.2. The van der Waals surface area contributed by atoms with Gasteiger partial charge in [0.05, 0.1) is 6.26 Å². The molecular formula is C14H22N2O2. The van der Waals surface area contributed by atoms with Crippen molar-refractivity contribution in [2.45, 2.75) is 58.2 Å².